The molecule has 8 heteroatoms. The number of fused-ring (bicyclic) bond motifs is 1. The van der Waals surface area contributed by atoms with Gasteiger partial charge < -0.3 is 15.0 Å². The zero-order chi connectivity index (χ0) is 22.0. The smallest absolute Gasteiger partial charge is 0.274 e. The lowest BCUT2D eigenvalue weighted by Crippen LogP contribution is -2.58. The van der Waals surface area contributed by atoms with E-state index < -0.39 is 0 Å². The van der Waals surface area contributed by atoms with Gasteiger partial charge in [-0.2, -0.15) is 5.10 Å². The number of nitrogens with one attached hydrogen (secondary N) is 1. The van der Waals surface area contributed by atoms with Gasteiger partial charge in [0.25, 0.3) is 5.91 Å². The molecule has 0 bridgehead atoms. The fraction of sp³-hybridized carbons (Fsp3) is 0.522. The minimum absolute atomic E-state index is 0.0679. The lowest BCUT2D eigenvalue weighted by molar-refractivity contribution is -0.127. The molecule has 1 saturated heterocycles. The van der Waals surface area contributed by atoms with Crippen molar-refractivity contribution in [3.05, 3.63) is 47.3 Å². The first-order valence-electron chi connectivity index (χ1n) is 11.0. The van der Waals surface area contributed by atoms with Gasteiger partial charge >= 0.3 is 0 Å². The van der Waals surface area contributed by atoms with Gasteiger partial charge in [-0.15, -0.1) is 0 Å². The lowest BCUT2D eigenvalue weighted by atomic mass is 10.0. The highest BCUT2D eigenvalue weighted by Crippen LogP contribution is 2.25. The van der Waals surface area contributed by atoms with Gasteiger partial charge in [0.05, 0.1) is 6.61 Å². The van der Waals surface area contributed by atoms with E-state index in [1.165, 1.54) is 5.56 Å². The highest BCUT2D eigenvalue weighted by Gasteiger charge is 2.33. The molecule has 0 aliphatic carbocycles. The molecule has 1 atom stereocenters. The third-order valence-electron chi connectivity index (χ3n) is 6.03. The molecule has 8 nitrogen and oxygen atoms in total. The summed E-state index contributed by atoms with van der Waals surface area (Å²) in [7, 11) is 1.93. The Morgan fingerprint density at radius 2 is 2.10 bits per heavy atom. The van der Waals surface area contributed by atoms with Crippen molar-refractivity contribution in [3.8, 4) is 5.75 Å². The van der Waals surface area contributed by atoms with Crippen LogP contribution >= 0.6 is 0 Å². The number of ether oxygens (including phenoxy) is 1. The van der Waals surface area contributed by atoms with E-state index in [0.717, 1.165) is 30.8 Å². The monoisotopic (exact) mass is 425 g/mol. The van der Waals surface area contributed by atoms with Gasteiger partial charge in [-0.1, -0.05) is 12.1 Å². The highest BCUT2D eigenvalue weighted by atomic mass is 16.5. The number of piperazine rings is 1. The first kappa shape index (κ1) is 21.4. The van der Waals surface area contributed by atoms with E-state index in [2.05, 4.69) is 16.5 Å². The number of aromatic nitrogens is 2. The molecule has 166 valence electrons. The molecular formula is C23H31N5O3. The van der Waals surface area contributed by atoms with Crippen LogP contribution in [-0.2, 0) is 17.8 Å². The zero-order valence-corrected chi connectivity index (χ0v) is 18.5. The Kier molecular flexibility index (Phi) is 6.27. The van der Waals surface area contributed by atoms with E-state index in [9.17, 15) is 9.59 Å². The zero-order valence-electron chi connectivity index (χ0n) is 18.5. The topological polar surface area (TPSA) is 79.7 Å². The van der Waals surface area contributed by atoms with Crippen LogP contribution in [0.3, 0.4) is 0 Å². The van der Waals surface area contributed by atoms with Gasteiger partial charge in [-0.3, -0.25) is 19.2 Å². The number of likely N-dealkylation sites (N-methyl/N-ethyl adjacent to an activating group) is 1. The number of amides is 2. The largest absolute Gasteiger partial charge is 0.493 e. The second-order valence-corrected chi connectivity index (χ2v) is 8.63. The number of benzene rings is 1. The van der Waals surface area contributed by atoms with Crippen LogP contribution < -0.4 is 10.1 Å². The number of carbonyl (C=O) groups excluding carboxylic acids is 2. The predicted octanol–water partition coefficient (Wildman–Crippen LogP) is 1.86. The van der Waals surface area contributed by atoms with E-state index in [1.54, 1.807) is 15.6 Å². The van der Waals surface area contributed by atoms with Crippen molar-refractivity contribution in [1.82, 2.24) is 24.9 Å². The number of aryl methyl sites for hydroxylation is 1. The first-order valence-corrected chi connectivity index (χ1v) is 11.0. The fourth-order valence-electron chi connectivity index (χ4n) is 4.07. The van der Waals surface area contributed by atoms with Crippen LogP contribution in [0.5, 0.6) is 5.75 Å². The Bertz CT molecular complexity index is 954. The average molecular weight is 426 g/mol. The number of carbonyl (C=O) groups is 2. The van der Waals surface area contributed by atoms with Crippen molar-refractivity contribution in [1.29, 1.82) is 0 Å². The van der Waals surface area contributed by atoms with Crippen LogP contribution in [0.1, 0.15) is 47.9 Å². The Morgan fingerprint density at radius 3 is 2.87 bits per heavy atom. The van der Waals surface area contributed by atoms with Gasteiger partial charge in [0.1, 0.15) is 17.5 Å². The molecular weight excluding hydrogens is 394 g/mol. The standard InChI is InChI=1S/C23H31N5O3/c1-16(2)28-9-8-19(25-28)23(30)27-11-10-26(3)20(15-27)22(29)24-14-17-6-7-21-18(13-17)5-4-12-31-21/h6-9,13,16,20H,4-5,10-12,14-15H2,1-3H3,(H,24,29)/t20-/m1/s1. The Labute approximate surface area is 183 Å². The predicted molar refractivity (Wildman–Crippen MR) is 117 cm³/mol. The van der Waals surface area contributed by atoms with Gasteiger partial charge in [0, 0.05) is 38.4 Å². The minimum atomic E-state index is -0.383. The Balaban J connectivity index is 1.37. The van der Waals surface area contributed by atoms with E-state index in [-0.39, 0.29) is 23.9 Å². The van der Waals surface area contributed by atoms with Gasteiger partial charge in [0.15, 0.2) is 0 Å². The van der Waals surface area contributed by atoms with Crippen molar-refractivity contribution in [2.45, 2.75) is 45.3 Å². The van der Waals surface area contributed by atoms with Gasteiger partial charge in [-0.25, -0.2) is 0 Å². The summed E-state index contributed by atoms with van der Waals surface area (Å²) in [6, 6.07) is 7.65. The minimum Gasteiger partial charge on any atom is -0.493 e. The molecule has 31 heavy (non-hydrogen) atoms. The highest BCUT2D eigenvalue weighted by molar-refractivity contribution is 5.93. The van der Waals surface area contributed by atoms with Crippen molar-refractivity contribution in [3.63, 3.8) is 0 Å². The number of hydrogen-bond acceptors (Lipinski definition) is 5. The van der Waals surface area contributed by atoms with Crippen molar-refractivity contribution >= 4 is 11.8 Å². The third-order valence-corrected chi connectivity index (χ3v) is 6.03. The van der Waals surface area contributed by atoms with E-state index >= 15 is 0 Å². The van der Waals surface area contributed by atoms with E-state index in [1.807, 2.05) is 44.1 Å². The normalized spacial score (nSPS) is 19.1. The summed E-state index contributed by atoms with van der Waals surface area (Å²) in [6.07, 6.45) is 3.85. The SMILES string of the molecule is CC(C)n1ccc(C(=O)N2CCN(C)[C@@H](C(=O)NCc3ccc4c(c3)CCCO4)C2)n1. The quantitative estimate of drug-likeness (QED) is 0.791. The lowest BCUT2D eigenvalue weighted by Gasteiger charge is -2.38. The summed E-state index contributed by atoms with van der Waals surface area (Å²) in [6.45, 7) is 6.85. The Hall–Kier alpha value is -2.87. The second kappa shape index (κ2) is 9.09. The molecule has 2 aliphatic rings. The summed E-state index contributed by atoms with van der Waals surface area (Å²) in [5, 5.41) is 7.43. The number of nitrogens with zero attached hydrogens (tertiary/aromatic N) is 4. The molecule has 4 rings (SSSR count). The molecule has 2 aliphatic heterocycles. The summed E-state index contributed by atoms with van der Waals surface area (Å²) in [4.78, 5) is 29.6. The van der Waals surface area contributed by atoms with Crippen LogP contribution in [-0.4, -0.2) is 70.7 Å². The second-order valence-electron chi connectivity index (χ2n) is 8.63. The van der Waals surface area contributed by atoms with Gasteiger partial charge in [0.2, 0.25) is 5.91 Å². The summed E-state index contributed by atoms with van der Waals surface area (Å²) < 4.78 is 7.44. The van der Waals surface area contributed by atoms with Gasteiger partial charge in [-0.05, 0) is 57.0 Å². The van der Waals surface area contributed by atoms with Crippen molar-refractivity contribution in [2.75, 3.05) is 33.3 Å². The van der Waals surface area contributed by atoms with Crippen LogP contribution in [0, 0.1) is 0 Å². The van der Waals surface area contributed by atoms with Crippen LogP contribution in [0.4, 0.5) is 0 Å². The van der Waals surface area contributed by atoms with Crippen molar-refractivity contribution in [2.24, 2.45) is 0 Å². The van der Waals surface area contributed by atoms with Crippen LogP contribution in [0.25, 0.3) is 0 Å². The number of hydrogen-bond donors (Lipinski definition) is 1. The number of rotatable bonds is 5. The maximum absolute atomic E-state index is 12.9. The van der Waals surface area contributed by atoms with Crippen LogP contribution in [0.15, 0.2) is 30.5 Å². The molecule has 1 aromatic carbocycles. The molecule has 2 aromatic rings. The van der Waals surface area contributed by atoms with Crippen molar-refractivity contribution < 1.29 is 14.3 Å². The molecule has 0 unspecified atom stereocenters. The van der Waals surface area contributed by atoms with E-state index in [4.69, 9.17) is 4.74 Å². The fourth-order valence-corrected chi connectivity index (χ4v) is 4.07. The average Bonchev–Trinajstić information content (AvgIpc) is 3.28. The maximum atomic E-state index is 12.9. The van der Waals surface area contributed by atoms with E-state index in [0.29, 0.717) is 31.9 Å². The molecule has 0 spiro atoms. The summed E-state index contributed by atoms with van der Waals surface area (Å²) in [5.74, 6) is 0.754. The first-order chi connectivity index (χ1) is 14.9. The molecule has 3 heterocycles. The molecule has 0 saturated carbocycles. The summed E-state index contributed by atoms with van der Waals surface area (Å²) in [5.41, 5.74) is 2.68. The third kappa shape index (κ3) is 4.74. The Morgan fingerprint density at radius 1 is 1.26 bits per heavy atom. The molecule has 1 aromatic heterocycles. The molecule has 0 radical (unpaired) electrons. The molecule has 1 fully saturated rings. The van der Waals surface area contributed by atoms with Crippen LogP contribution in [0.2, 0.25) is 0 Å². The molecule has 2 amide bonds. The maximum Gasteiger partial charge on any atom is 0.274 e. The summed E-state index contributed by atoms with van der Waals surface area (Å²) >= 11 is 0. The molecule has 1 N–H and O–H groups in total.